The van der Waals surface area contributed by atoms with Gasteiger partial charge in [-0.15, -0.1) is 0 Å². The molecule has 1 unspecified atom stereocenters. The molecule has 0 rings (SSSR count). The van der Waals surface area contributed by atoms with E-state index in [0.717, 1.165) is 12.8 Å². The SMILES string of the molecule is C=C(C)C(=O)OCCOC(=O)C(C)(CCC(C)(C)C)C(C)(C)C. The molecule has 0 saturated carbocycles. The predicted octanol–water partition coefficient (Wildman–Crippen LogP) is 4.53. The molecule has 0 aromatic rings. The first-order chi connectivity index (χ1) is 10.2. The second-order valence-electron chi connectivity index (χ2n) is 8.69. The minimum Gasteiger partial charge on any atom is -0.462 e. The number of hydrogen-bond acceptors (Lipinski definition) is 4. The van der Waals surface area contributed by atoms with Gasteiger partial charge in [-0.2, -0.15) is 0 Å². The number of carbonyl (C=O) groups excluding carboxylic acids is 2. The molecule has 0 heterocycles. The van der Waals surface area contributed by atoms with Gasteiger partial charge < -0.3 is 9.47 Å². The first-order valence-electron chi connectivity index (χ1n) is 8.20. The highest BCUT2D eigenvalue weighted by Gasteiger charge is 2.45. The molecular formula is C19H34O4. The van der Waals surface area contributed by atoms with Crippen LogP contribution in [0.1, 0.15) is 68.2 Å². The third-order valence-corrected chi connectivity index (χ3v) is 4.38. The van der Waals surface area contributed by atoms with Crippen LogP contribution in [-0.4, -0.2) is 25.2 Å². The Kier molecular flexibility index (Phi) is 7.52. The number of carbonyl (C=O) groups is 2. The molecule has 1 atom stereocenters. The molecule has 23 heavy (non-hydrogen) atoms. The van der Waals surface area contributed by atoms with Crippen LogP contribution >= 0.6 is 0 Å². The summed E-state index contributed by atoms with van der Waals surface area (Å²) in [4.78, 5) is 23.9. The largest absolute Gasteiger partial charge is 0.462 e. The summed E-state index contributed by atoms with van der Waals surface area (Å²) in [6.07, 6.45) is 1.69. The van der Waals surface area contributed by atoms with E-state index in [-0.39, 0.29) is 30.0 Å². The number of ether oxygens (including phenoxy) is 2. The molecule has 0 aliphatic carbocycles. The maximum absolute atomic E-state index is 12.6. The van der Waals surface area contributed by atoms with Gasteiger partial charge in [-0.05, 0) is 37.5 Å². The average Bonchev–Trinajstić information content (AvgIpc) is 2.37. The lowest BCUT2D eigenvalue weighted by Crippen LogP contribution is -2.42. The van der Waals surface area contributed by atoms with Crippen LogP contribution in [0.25, 0.3) is 0 Å². The fourth-order valence-electron chi connectivity index (χ4n) is 1.96. The minimum absolute atomic E-state index is 0.0525. The van der Waals surface area contributed by atoms with Gasteiger partial charge in [-0.1, -0.05) is 48.1 Å². The van der Waals surface area contributed by atoms with Gasteiger partial charge in [0, 0.05) is 5.57 Å². The van der Waals surface area contributed by atoms with Gasteiger partial charge in [0.1, 0.15) is 13.2 Å². The van der Waals surface area contributed by atoms with Crippen LogP contribution in [0.2, 0.25) is 0 Å². The summed E-state index contributed by atoms with van der Waals surface area (Å²) in [6.45, 7) is 19.8. The zero-order valence-electron chi connectivity index (χ0n) is 16.2. The van der Waals surface area contributed by atoms with E-state index in [0.29, 0.717) is 5.57 Å². The summed E-state index contributed by atoms with van der Waals surface area (Å²) in [5, 5.41) is 0. The van der Waals surface area contributed by atoms with Gasteiger partial charge >= 0.3 is 11.9 Å². The van der Waals surface area contributed by atoms with E-state index < -0.39 is 11.4 Å². The zero-order valence-corrected chi connectivity index (χ0v) is 16.2. The maximum atomic E-state index is 12.6. The van der Waals surface area contributed by atoms with Crippen molar-refractivity contribution in [2.24, 2.45) is 16.2 Å². The summed E-state index contributed by atoms with van der Waals surface area (Å²) in [6, 6.07) is 0. The highest BCUT2D eigenvalue weighted by molar-refractivity contribution is 5.86. The molecule has 0 fully saturated rings. The first-order valence-corrected chi connectivity index (χ1v) is 8.20. The molecule has 0 amide bonds. The number of rotatable bonds is 7. The van der Waals surface area contributed by atoms with E-state index in [2.05, 4.69) is 48.1 Å². The lowest BCUT2D eigenvalue weighted by Gasteiger charge is -2.41. The molecule has 0 bridgehead atoms. The Bertz CT molecular complexity index is 437. The van der Waals surface area contributed by atoms with Crippen molar-refractivity contribution in [1.82, 2.24) is 0 Å². The fourth-order valence-corrected chi connectivity index (χ4v) is 1.96. The van der Waals surface area contributed by atoms with Crippen LogP contribution in [0.5, 0.6) is 0 Å². The minimum atomic E-state index is -0.585. The van der Waals surface area contributed by atoms with Crippen LogP contribution in [-0.2, 0) is 19.1 Å². The maximum Gasteiger partial charge on any atom is 0.333 e. The van der Waals surface area contributed by atoms with Crippen molar-refractivity contribution in [2.75, 3.05) is 13.2 Å². The average molecular weight is 326 g/mol. The Labute approximate surface area is 141 Å². The third kappa shape index (κ3) is 7.19. The molecule has 134 valence electrons. The molecule has 4 nitrogen and oxygen atoms in total. The van der Waals surface area contributed by atoms with E-state index in [4.69, 9.17) is 9.47 Å². The Morgan fingerprint density at radius 1 is 0.870 bits per heavy atom. The molecule has 4 heteroatoms. The van der Waals surface area contributed by atoms with Crippen LogP contribution in [0, 0.1) is 16.2 Å². The number of esters is 2. The zero-order chi connectivity index (χ0) is 18.5. The van der Waals surface area contributed by atoms with Crippen molar-refractivity contribution in [3.05, 3.63) is 12.2 Å². The van der Waals surface area contributed by atoms with E-state index in [9.17, 15) is 9.59 Å². The summed E-state index contributed by atoms with van der Waals surface area (Å²) >= 11 is 0. The lowest BCUT2D eigenvalue weighted by atomic mass is 9.64. The van der Waals surface area contributed by atoms with Gasteiger partial charge in [-0.3, -0.25) is 4.79 Å². The quantitative estimate of drug-likeness (QED) is 0.392. The van der Waals surface area contributed by atoms with Gasteiger partial charge in [0.2, 0.25) is 0 Å². The van der Waals surface area contributed by atoms with Crippen molar-refractivity contribution in [3.8, 4) is 0 Å². The molecule has 0 spiro atoms. The summed E-state index contributed by atoms with van der Waals surface area (Å²) in [5.74, 6) is -0.701. The standard InChI is InChI=1S/C19H34O4/c1-14(2)15(20)22-12-13-23-16(21)19(9,18(6,7)8)11-10-17(3,4)5/h1,10-13H2,2-9H3. The second kappa shape index (κ2) is 7.98. The van der Waals surface area contributed by atoms with E-state index in [1.807, 2.05) is 6.92 Å². The Balaban J connectivity index is 4.71. The molecular weight excluding hydrogens is 292 g/mol. The summed E-state index contributed by atoms with van der Waals surface area (Å²) < 4.78 is 10.3. The van der Waals surface area contributed by atoms with Crippen LogP contribution in [0.3, 0.4) is 0 Å². The topological polar surface area (TPSA) is 52.6 Å². The normalized spacial score (nSPS) is 14.8. The monoisotopic (exact) mass is 326 g/mol. The van der Waals surface area contributed by atoms with Gasteiger partial charge in [0.25, 0.3) is 0 Å². The third-order valence-electron chi connectivity index (χ3n) is 4.38. The Morgan fingerprint density at radius 3 is 1.74 bits per heavy atom. The molecule has 0 N–H and O–H groups in total. The molecule has 0 aliphatic rings. The smallest absolute Gasteiger partial charge is 0.333 e. The van der Waals surface area contributed by atoms with Crippen LogP contribution in [0.4, 0.5) is 0 Å². The van der Waals surface area contributed by atoms with E-state index in [1.54, 1.807) is 6.92 Å². The molecule has 0 saturated heterocycles. The van der Waals surface area contributed by atoms with E-state index >= 15 is 0 Å². The second-order valence-corrected chi connectivity index (χ2v) is 8.69. The molecule has 0 aromatic carbocycles. The fraction of sp³-hybridized carbons (Fsp3) is 0.789. The van der Waals surface area contributed by atoms with Gasteiger partial charge in [0.15, 0.2) is 0 Å². The van der Waals surface area contributed by atoms with Crippen LogP contribution in [0.15, 0.2) is 12.2 Å². The first kappa shape index (κ1) is 21.7. The Morgan fingerprint density at radius 2 is 1.35 bits per heavy atom. The van der Waals surface area contributed by atoms with Crippen LogP contribution < -0.4 is 0 Å². The van der Waals surface area contributed by atoms with Gasteiger partial charge in [-0.25, -0.2) is 4.79 Å². The van der Waals surface area contributed by atoms with Crippen molar-refractivity contribution in [3.63, 3.8) is 0 Å². The summed E-state index contributed by atoms with van der Waals surface area (Å²) in [7, 11) is 0. The highest BCUT2D eigenvalue weighted by Crippen LogP contribution is 2.45. The van der Waals surface area contributed by atoms with Crippen molar-refractivity contribution < 1.29 is 19.1 Å². The predicted molar refractivity (Wildman–Crippen MR) is 93.0 cm³/mol. The number of hydrogen-bond donors (Lipinski definition) is 0. The Hall–Kier alpha value is -1.32. The summed E-state index contributed by atoms with van der Waals surface area (Å²) in [5.41, 5.74) is -0.312. The van der Waals surface area contributed by atoms with Crippen molar-refractivity contribution in [2.45, 2.75) is 68.2 Å². The highest BCUT2D eigenvalue weighted by atomic mass is 16.6. The van der Waals surface area contributed by atoms with Gasteiger partial charge in [0.05, 0.1) is 5.41 Å². The van der Waals surface area contributed by atoms with E-state index in [1.165, 1.54) is 0 Å². The molecule has 0 aliphatic heterocycles. The molecule has 0 aromatic heterocycles. The van der Waals surface area contributed by atoms with Crippen molar-refractivity contribution in [1.29, 1.82) is 0 Å². The van der Waals surface area contributed by atoms with Crippen molar-refractivity contribution >= 4 is 11.9 Å². The lowest BCUT2D eigenvalue weighted by molar-refractivity contribution is -0.166. The molecule has 0 radical (unpaired) electrons.